The van der Waals surface area contributed by atoms with Crippen LogP contribution in [-0.4, -0.2) is 40.3 Å². The number of halogens is 4. The summed E-state index contributed by atoms with van der Waals surface area (Å²) in [6, 6.07) is 21.2. The van der Waals surface area contributed by atoms with Crippen LogP contribution in [0, 0.1) is 5.82 Å². The van der Waals surface area contributed by atoms with Crippen LogP contribution in [0.1, 0.15) is 22.0 Å². The second-order valence-corrected chi connectivity index (χ2v) is 8.23. The topological polar surface area (TPSA) is 99.2 Å². The van der Waals surface area contributed by atoms with Crippen molar-refractivity contribution in [2.45, 2.75) is 12.2 Å². The molecule has 1 heterocycles. The largest absolute Gasteiger partial charge is 0.405 e. The molecule has 0 aliphatic rings. The standard InChI is InChI=1S/C27H23F4N5O2/c28-22-12-11-19(13-20(22)17-7-3-1-4-8-17)34-26-32-14-21(25(38)33-16-27(29,30)31)24(36-26)35-23(15-37)18-9-5-2-6-10-18/h1-14,23,37H,15-16H2,(H,33,38)(H2,32,34,35,36)/t23-/m1/s1. The summed E-state index contributed by atoms with van der Waals surface area (Å²) in [5, 5.41) is 17.6. The van der Waals surface area contributed by atoms with Gasteiger partial charge in [0.05, 0.1) is 12.6 Å². The number of alkyl halides is 3. The SMILES string of the molecule is O=C(NCC(F)(F)F)c1cnc(Nc2ccc(F)c(-c3ccccc3)c2)nc1N[C@H](CO)c1ccccc1. The highest BCUT2D eigenvalue weighted by atomic mass is 19.4. The number of nitrogens with one attached hydrogen (secondary N) is 3. The Morgan fingerprint density at radius 1 is 0.974 bits per heavy atom. The monoisotopic (exact) mass is 525 g/mol. The summed E-state index contributed by atoms with van der Waals surface area (Å²) in [4.78, 5) is 20.9. The lowest BCUT2D eigenvalue weighted by Gasteiger charge is -2.20. The quantitative estimate of drug-likeness (QED) is 0.217. The zero-order valence-electron chi connectivity index (χ0n) is 19.8. The Morgan fingerprint density at radius 3 is 2.32 bits per heavy atom. The predicted molar refractivity (Wildman–Crippen MR) is 135 cm³/mol. The molecule has 4 N–H and O–H groups in total. The third kappa shape index (κ3) is 6.83. The van der Waals surface area contributed by atoms with Gasteiger partial charge in [0.25, 0.3) is 5.91 Å². The van der Waals surface area contributed by atoms with E-state index in [1.54, 1.807) is 66.0 Å². The lowest BCUT2D eigenvalue weighted by molar-refractivity contribution is -0.123. The van der Waals surface area contributed by atoms with E-state index in [0.29, 0.717) is 22.4 Å². The Balaban J connectivity index is 1.65. The molecule has 3 aromatic carbocycles. The van der Waals surface area contributed by atoms with E-state index in [9.17, 15) is 27.5 Å². The van der Waals surface area contributed by atoms with Crippen LogP contribution >= 0.6 is 0 Å². The minimum atomic E-state index is -4.61. The number of anilines is 3. The van der Waals surface area contributed by atoms with Crippen molar-refractivity contribution in [3.63, 3.8) is 0 Å². The molecular formula is C27H23F4N5O2. The van der Waals surface area contributed by atoms with Crippen LogP contribution in [0.3, 0.4) is 0 Å². The summed E-state index contributed by atoms with van der Waals surface area (Å²) in [6.07, 6.45) is -3.53. The fourth-order valence-electron chi connectivity index (χ4n) is 3.65. The van der Waals surface area contributed by atoms with Crippen molar-refractivity contribution in [2.75, 3.05) is 23.8 Å². The average Bonchev–Trinajstić information content (AvgIpc) is 2.92. The van der Waals surface area contributed by atoms with E-state index in [2.05, 4.69) is 20.6 Å². The molecule has 38 heavy (non-hydrogen) atoms. The number of nitrogens with zero attached hydrogens (tertiary/aromatic N) is 2. The van der Waals surface area contributed by atoms with Crippen molar-refractivity contribution < 1.29 is 27.5 Å². The van der Waals surface area contributed by atoms with E-state index in [1.807, 2.05) is 6.07 Å². The van der Waals surface area contributed by atoms with Crippen molar-refractivity contribution >= 4 is 23.4 Å². The third-order valence-corrected chi connectivity index (χ3v) is 5.49. The molecule has 0 radical (unpaired) electrons. The summed E-state index contributed by atoms with van der Waals surface area (Å²) >= 11 is 0. The van der Waals surface area contributed by atoms with Crippen LogP contribution in [0.2, 0.25) is 0 Å². The van der Waals surface area contributed by atoms with Crippen LogP contribution in [0.15, 0.2) is 85.1 Å². The highest BCUT2D eigenvalue weighted by Crippen LogP contribution is 2.28. The van der Waals surface area contributed by atoms with Crippen LogP contribution in [0.5, 0.6) is 0 Å². The highest BCUT2D eigenvalue weighted by molar-refractivity contribution is 5.98. The minimum Gasteiger partial charge on any atom is -0.394 e. The number of amides is 1. The summed E-state index contributed by atoms with van der Waals surface area (Å²) in [5.74, 6) is -1.59. The lowest BCUT2D eigenvalue weighted by atomic mass is 10.0. The van der Waals surface area contributed by atoms with E-state index in [4.69, 9.17) is 0 Å². The lowest BCUT2D eigenvalue weighted by Crippen LogP contribution is -2.34. The fraction of sp³-hybridized carbons (Fsp3) is 0.148. The van der Waals surface area contributed by atoms with Crippen molar-refractivity contribution in [2.24, 2.45) is 0 Å². The summed E-state index contributed by atoms with van der Waals surface area (Å²) in [6.45, 7) is -1.93. The third-order valence-electron chi connectivity index (χ3n) is 5.49. The molecule has 1 amide bonds. The first kappa shape index (κ1) is 26.6. The van der Waals surface area contributed by atoms with Gasteiger partial charge in [0.15, 0.2) is 0 Å². The molecule has 0 saturated heterocycles. The summed E-state index contributed by atoms with van der Waals surface area (Å²) in [7, 11) is 0. The maximum Gasteiger partial charge on any atom is 0.405 e. The van der Waals surface area contributed by atoms with Crippen LogP contribution < -0.4 is 16.0 Å². The fourth-order valence-corrected chi connectivity index (χ4v) is 3.65. The highest BCUT2D eigenvalue weighted by Gasteiger charge is 2.29. The first-order valence-corrected chi connectivity index (χ1v) is 11.5. The van der Waals surface area contributed by atoms with Gasteiger partial charge in [-0.15, -0.1) is 0 Å². The van der Waals surface area contributed by atoms with Gasteiger partial charge in [-0.05, 0) is 29.3 Å². The van der Waals surface area contributed by atoms with Gasteiger partial charge in [0.2, 0.25) is 5.95 Å². The van der Waals surface area contributed by atoms with Gasteiger partial charge in [0, 0.05) is 17.4 Å². The maximum atomic E-state index is 14.5. The number of carbonyl (C=O) groups excluding carboxylic acids is 1. The molecular weight excluding hydrogens is 502 g/mol. The van der Waals surface area contributed by atoms with E-state index in [0.717, 1.165) is 6.20 Å². The van der Waals surface area contributed by atoms with E-state index >= 15 is 0 Å². The van der Waals surface area contributed by atoms with Gasteiger partial charge in [-0.25, -0.2) is 9.37 Å². The second kappa shape index (κ2) is 11.7. The van der Waals surface area contributed by atoms with E-state index < -0.39 is 37.1 Å². The number of hydrogen-bond acceptors (Lipinski definition) is 6. The number of aliphatic hydroxyl groups is 1. The number of aliphatic hydroxyl groups excluding tert-OH is 1. The molecule has 0 aliphatic heterocycles. The van der Waals surface area contributed by atoms with Gasteiger partial charge in [-0.3, -0.25) is 4.79 Å². The molecule has 196 valence electrons. The Kier molecular flexibility index (Phi) is 8.17. The van der Waals surface area contributed by atoms with Crippen molar-refractivity contribution in [1.29, 1.82) is 0 Å². The van der Waals surface area contributed by atoms with Gasteiger partial charge in [-0.2, -0.15) is 18.2 Å². The van der Waals surface area contributed by atoms with Crippen LogP contribution in [0.25, 0.3) is 11.1 Å². The predicted octanol–water partition coefficient (Wildman–Crippen LogP) is 5.46. The Labute approximate surface area is 215 Å². The second-order valence-electron chi connectivity index (χ2n) is 8.23. The van der Waals surface area contributed by atoms with Crippen LogP contribution in [-0.2, 0) is 0 Å². The van der Waals surface area contributed by atoms with Gasteiger partial charge >= 0.3 is 6.18 Å². The Bertz CT molecular complexity index is 1390. The molecule has 0 aliphatic carbocycles. The van der Waals surface area contributed by atoms with Gasteiger partial charge in [0.1, 0.15) is 23.7 Å². The molecule has 0 unspecified atom stereocenters. The first-order valence-electron chi connectivity index (χ1n) is 11.5. The smallest absolute Gasteiger partial charge is 0.394 e. The van der Waals surface area contributed by atoms with E-state index in [-0.39, 0.29) is 17.3 Å². The molecule has 7 nitrogen and oxygen atoms in total. The molecule has 1 aromatic heterocycles. The van der Waals surface area contributed by atoms with Crippen molar-refractivity contribution in [1.82, 2.24) is 15.3 Å². The van der Waals surface area contributed by atoms with E-state index in [1.165, 1.54) is 12.1 Å². The zero-order chi connectivity index (χ0) is 27.1. The number of benzene rings is 3. The van der Waals surface area contributed by atoms with Crippen molar-refractivity contribution in [3.05, 3.63) is 102 Å². The van der Waals surface area contributed by atoms with Gasteiger partial charge in [-0.1, -0.05) is 60.7 Å². The summed E-state index contributed by atoms with van der Waals surface area (Å²) in [5.41, 5.74) is 1.84. The molecule has 0 fully saturated rings. The normalized spacial score (nSPS) is 12.0. The molecule has 4 aromatic rings. The average molecular weight is 526 g/mol. The number of aromatic nitrogens is 2. The zero-order valence-corrected chi connectivity index (χ0v) is 19.8. The number of rotatable bonds is 9. The summed E-state index contributed by atoms with van der Waals surface area (Å²) < 4.78 is 52.5. The maximum absolute atomic E-state index is 14.5. The molecule has 11 heteroatoms. The first-order chi connectivity index (χ1) is 18.2. The molecule has 0 spiro atoms. The minimum absolute atomic E-state index is 0.00440. The van der Waals surface area contributed by atoms with Crippen LogP contribution in [0.4, 0.5) is 35.0 Å². The number of carbonyl (C=O) groups is 1. The van der Waals surface area contributed by atoms with Crippen molar-refractivity contribution in [3.8, 4) is 11.1 Å². The molecule has 1 atom stereocenters. The molecule has 0 bridgehead atoms. The molecule has 4 rings (SSSR count). The Hall–Kier alpha value is -4.51. The number of hydrogen-bond donors (Lipinski definition) is 4. The molecule has 0 saturated carbocycles. The van der Waals surface area contributed by atoms with Gasteiger partial charge < -0.3 is 21.1 Å². The Morgan fingerprint density at radius 2 is 1.66 bits per heavy atom.